The molecular weight excluding hydrogens is 396 g/mol. The number of carbonyl (C=O) groups is 1. The fourth-order valence-corrected chi connectivity index (χ4v) is 4.05. The number of furan rings is 1. The number of hydrogen-bond donors (Lipinski definition) is 1. The van der Waals surface area contributed by atoms with Gasteiger partial charge in [-0.25, -0.2) is 13.2 Å². The minimum atomic E-state index is -3.86. The first-order valence-corrected chi connectivity index (χ1v) is 10.0. The average molecular weight is 412 g/mol. The molecular formula is C19H16N4O5S. The quantitative estimate of drug-likeness (QED) is 0.484. The van der Waals surface area contributed by atoms with E-state index in [-0.39, 0.29) is 22.9 Å². The minimum Gasteiger partial charge on any atom is -0.463 e. The molecule has 0 atom stereocenters. The largest absolute Gasteiger partial charge is 0.463 e. The van der Waals surface area contributed by atoms with Crippen molar-refractivity contribution in [2.45, 2.75) is 11.4 Å². The van der Waals surface area contributed by atoms with Crippen molar-refractivity contribution in [3.05, 3.63) is 72.6 Å². The van der Waals surface area contributed by atoms with Crippen LogP contribution in [0.1, 0.15) is 16.3 Å². The number of methoxy groups -OCH3 is 1. The van der Waals surface area contributed by atoms with Crippen LogP contribution < -0.4 is 4.72 Å². The average Bonchev–Trinajstić information content (AvgIpc) is 3.36. The van der Waals surface area contributed by atoms with Crippen LogP contribution in [0, 0.1) is 0 Å². The highest BCUT2D eigenvalue weighted by Gasteiger charge is 2.19. The van der Waals surface area contributed by atoms with E-state index in [2.05, 4.69) is 19.5 Å². The van der Waals surface area contributed by atoms with Gasteiger partial charge in [0.2, 0.25) is 5.76 Å². The third kappa shape index (κ3) is 3.83. The lowest BCUT2D eigenvalue weighted by atomic mass is 10.2. The maximum Gasteiger partial charge on any atom is 0.373 e. The molecule has 0 aliphatic heterocycles. The topological polar surface area (TPSA) is 116 Å². The molecule has 0 spiro atoms. The predicted molar refractivity (Wildman–Crippen MR) is 104 cm³/mol. The summed E-state index contributed by atoms with van der Waals surface area (Å²) >= 11 is 0. The van der Waals surface area contributed by atoms with Crippen molar-refractivity contribution in [3.8, 4) is 0 Å². The van der Waals surface area contributed by atoms with Crippen LogP contribution in [0.15, 0.2) is 70.4 Å². The van der Waals surface area contributed by atoms with Crippen molar-refractivity contribution in [1.82, 2.24) is 14.8 Å². The van der Waals surface area contributed by atoms with E-state index >= 15 is 0 Å². The fraction of sp³-hybridized carbons (Fsp3) is 0.105. The number of nitrogens with zero attached hydrogens (tertiary/aromatic N) is 3. The SMILES string of the molecule is COC(=O)c1ccc(Cn2cc(NS(=O)(=O)c3cccc4cccnc34)cn2)o1. The van der Waals surface area contributed by atoms with Crippen LogP contribution in [0.25, 0.3) is 10.9 Å². The van der Waals surface area contributed by atoms with Gasteiger partial charge < -0.3 is 9.15 Å². The van der Waals surface area contributed by atoms with E-state index in [9.17, 15) is 13.2 Å². The number of para-hydroxylation sites is 1. The third-order valence-electron chi connectivity index (χ3n) is 4.14. The molecule has 0 amide bonds. The molecule has 0 fully saturated rings. The lowest BCUT2D eigenvalue weighted by Gasteiger charge is -2.08. The van der Waals surface area contributed by atoms with E-state index < -0.39 is 16.0 Å². The molecule has 0 aliphatic rings. The molecule has 1 N–H and O–H groups in total. The molecule has 3 aromatic heterocycles. The van der Waals surface area contributed by atoms with Gasteiger partial charge in [0, 0.05) is 17.8 Å². The van der Waals surface area contributed by atoms with Crippen LogP contribution in [0.2, 0.25) is 0 Å². The Hall–Kier alpha value is -3.66. The number of esters is 1. The number of aromatic nitrogens is 3. The zero-order valence-corrected chi connectivity index (χ0v) is 16.1. The summed E-state index contributed by atoms with van der Waals surface area (Å²) < 4.78 is 39.6. The minimum absolute atomic E-state index is 0.0807. The second-order valence-corrected chi connectivity index (χ2v) is 7.77. The number of hydrogen-bond acceptors (Lipinski definition) is 7. The van der Waals surface area contributed by atoms with E-state index in [4.69, 9.17) is 4.42 Å². The molecule has 0 bridgehead atoms. The molecule has 148 valence electrons. The van der Waals surface area contributed by atoms with Gasteiger partial charge in [0.05, 0.1) is 31.1 Å². The van der Waals surface area contributed by atoms with Crippen molar-refractivity contribution in [3.63, 3.8) is 0 Å². The van der Waals surface area contributed by atoms with E-state index in [1.54, 1.807) is 36.5 Å². The number of benzene rings is 1. The molecule has 0 saturated heterocycles. The summed E-state index contributed by atoms with van der Waals surface area (Å²) in [4.78, 5) is 15.7. The lowest BCUT2D eigenvalue weighted by Crippen LogP contribution is -2.13. The summed E-state index contributed by atoms with van der Waals surface area (Å²) in [5, 5.41) is 4.85. The summed E-state index contributed by atoms with van der Waals surface area (Å²) in [6.45, 7) is 0.217. The van der Waals surface area contributed by atoms with E-state index in [0.717, 1.165) is 5.39 Å². The monoisotopic (exact) mass is 412 g/mol. The van der Waals surface area contributed by atoms with Gasteiger partial charge in [-0.3, -0.25) is 14.4 Å². The molecule has 0 unspecified atom stereocenters. The molecule has 9 nitrogen and oxygen atoms in total. The van der Waals surface area contributed by atoms with Crippen LogP contribution in [-0.2, 0) is 21.3 Å². The van der Waals surface area contributed by atoms with Gasteiger partial charge in [0.15, 0.2) is 0 Å². The Kier molecular flexibility index (Phi) is 4.77. The standard InChI is InChI=1S/C19H16N4O5S/c1-27-19(24)16-8-7-15(28-16)12-23-11-14(10-21-23)22-29(25,26)17-6-2-4-13-5-3-9-20-18(13)17/h2-11,22H,12H2,1H3. The number of rotatable bonds is 6. The van der Waals surface area contributed by atoms with Gasteiger partial charge in [-0.1, -0.05) is 18.2 Å². The van der Waals surface area contributed by atoms with Gasteiger partial charge in [0.25, 0.3) is 10.0 Å². The zero-order valence-electron chi connectivity index (χ0n) is 15.3. The Balaban J connectivity index is 1.54. The first-order valence-electron chi connectivity index (χ1n) is 8.52. The fourth-order valence-electron chi connectivity index (χ4n) is 2.84. The summed E-state index contributed by atoms with van der Waals surface area (Å²) in [5.74, 6) is -0.0194. The van der Waals surface area contributed by atoms with Gasteiger partial charge in [-0.05, 0) is 24.3 Å². The maximum atomic E-state index is 12.8. The first-order chi connectivity index (χ1) is 14.0. The molecule has 0 aliphatic carbocycles. The number of nitrogens with one attached hydrogen (secondary N) is 1. The number of carbonyl (C=O) groups excluding carboxylic acids is 1. The Morgan fingerprint density at radius 2 is 2.03 bits per heavy atom. The van der Waals surface area contributed by atoms with Crippen LogP contribution in [0.5, 0.6) is 0 Å². The summed E-state index contributed by atoms with van der Waals surface area (Å²) in [7, 11) is -2.59. The van der Waals surface area contributed by atoms with Crippen LogP contribution in [0.3, 0.4) is 0 Å². The Morgan fingerprint density at radius 1 is 1.21 bits per heavy atom. The lowest BCUT2D eigenvalue weighted by molar-refractivity contribution is 0.0562. The highest BCUT2D eigenvalue weighted by molar-refractivity contribution is 7.93. The van der Waals surface area contributed by atoms with Gasteiger partial charge >= 0.3 is 5.97 Å². The Morgan fingerprint density at radius 3 is 2.86 bits per heavy atom. The smallest absolute Gasteiger partial charge is 0.373 e. The summed E-state index contributed by atoms with van der Waals surface area (Å²) in [6.07, 6.45) is 4.46. The predicted octanol–water partition coefficient (Wildman–Crippen LogP) is 2.66. The van der Waals surface area contributed by atoms with Gasteiger partial charge in [-0.2, -0.15) is 5.10 Å². The Labute approximate surface area is 166 Å². The van der Waals surface area contributed by atoms with Crippen molar-refractivity contribution < 1.29 is 22.4 Å². The molecule has 1 aromatic carbocycles. The second-order valence-electron chi connectivity index (χ2n) is 6.12. The number of anilines is 1. The van der Waals surface area contributed by atoms with Gasteiger partial charge in [-0.15, -0.1) is 0 Å². The first kappa shape index (κ1) is 18.7. The molecule has 29 heavy (non-hydrogen) atoms. The van der Waals surface area contributed by atoms with Crippen molar-refractivity contribution in [2.75, 3.05) is 11.8 Å². The summed E-state index contributed by atoms with van der Waals surface area (Å²) in [6, 6.07) is 11.6. The van der Waals surface area contributed by atoms with Crippen molar-refractivity contribution in [1.29, 1.82) is 0 Å². The second kappa shape index (κ2) is 7.40. The molecule has 4 rings (SSSR count). The number of sulfonamides is 1. The number of pyridine rings is 1. The third-order valence-corrected chi connectivity index (χ3v) is 5.55. The maximum absolute atomic E-state index is 12.8. The number of fused-ring (bicyclic) bond motifs is 1. The highest BCUT2D eigenvalue weighted by atomic mass is 32.2. The molecule has 10 heteroatoms. The molecule has 3 heterocycles. The Bertz CT molecular complexity index is 1290. The molecule has 0 saturated carbocycles. The van der Waals surface area contributed by atoms with E-state index in [1.807, 2.05) is 0 Å². The van der Waals surface area contributed by atoms with Crippen LogP contribution in [-0.4, -0.2) is 36.3 Å². The molecule has 0 radical (unpaired) electrons. The highest BCUT2D eigenvalue weighted by Crippen LogP contribution is 2.23. The van der Waals surface area contributed by atoms with Crippen LogP contribution >= 0.6 is 0 Å². The van der Waals surface area contributed by atoms with E-state index in [1.165, 1.54) is 36.3 Å². The summed E-state index contributed by atoms with van der Waals surface area (Å²) in [5.41, 5.74) is 0.679. The van der Waals surface area contributed by atoms with Crippen molar-refractivity contribution in [2.24, 2.45) is 0 Å². The molecule has 4 aromatic rings. The van der Waals surface area contributed by atoms with Gasteiger partial charge in [0.1, 0.15) is 10.7 Å². The van der Waals surface area contributed by atoms with Crippen LogP contribution in [0.4, 0.5) is 5.69 Å². The van der Waals surface area contributed by atoms with Crippen molar-refractivity contribution >= 4 is 32.6 Å². The van der Waals surface area contributed by atoms with E-state index in [0.29, 0.717) is 11.3 Å². The number of ether oxygens (including phenoxy) is 1. The zero-order chi connectivity index (χ0) is 20.4. The normalized spacial score (nSPS) is 11.5.